The van der Waals surface area contributed by atoms with Crippen molar-refractivity contribution < 1.29 is 22.7 Å². The van der Waals surface area contributed by atoms with Gasteiger partial charge >= 0.3 is 0 Å². The number of ether oxygens (including phenoxy) is 2. The van der Waals surface area contributed by atoms with Crippen LogP contribution in [0, 0.1) is 5.92 Å². The summed E-state index contributed by atoms with van der Waals surface area (Å²) in [7, 11) is -3.58. The van der Waals surface area contributed by atoms with Crippen LogP contribution in [0.3, 0.4) is 0 Å². The minimum absolute atomic E-state index is 0.0329. The number of nitrogens with one attached hydrogen (secondary N) is 1. The zero-order valence-corrected chi connectivity index (χ0v) is 20.6. The van der Waals surface area contributed by atoms with Crippen LogP contribution >= 0.6 is 11.6 Å². The first-order valence-corrected chi connectivity index (χ1v) is 13.1. The van der Waals surface area contributed by atoms with Crippen LogP contribution in [0.15, 0.2) is 47.4 Å². The van der Waals surface area contributed by atoms with Gasteiger partial charge in [0.25, 0.3) is 0 Å². The van der Waals surface area contributed by atoms with E-state index in [2.05, 4.69) is 5.32 Å². The van der Waals surface area contributed by atoms with Crippen molar-refractivity contribution in [1.82, 2.24) is 9.62 Å². The molecule has 180 valence electrons. The second kappa shape index (κ2) is 11.7. The number of rotatable bonds is 10. The number of carbonyl (C=O) groups excluding carboxylic acids is 1. The van der Waals surface area contributed by atoms with Gasteiger partial charge in [-0.05, 0) is 75.1 Å². The van der Waals surface area contributed by atoms with E-state index < -0.39 is 10.0 Å². The minimum Gasteiger partial charge on any atom is -0.490 e. The largest absolute Gasteiger partial charge is 0.490 e. The van der Waals surface area contributed by atoms with Crippen LogP contribution in [0.2, 0.25) is 5.02 Å². The second-order valence-electron chi connectivity index (χ2n) is 7.82. The Hall–Kier alpha value is -2.29. The third kappa shape index (κ3) is 6.62. The fraction of sp³-hybridized carbons (Fsp3) is 0.458. The van der Waals surface area contributed by atoms with E-state index >= 15 is 0 Å². The zero-order valence-electron chi connectivity index (χ0n) is 19.1. The number of hydrogen-bond acceptors (Lipinski definition) is 5. The van der Waals surface area contributed by atoms with Gasteiger partial charge < -0.3 is 14.8 Å². The number of halogens is 1. The first-order chi connectivity index (χ1) is 15.8. The van der Waals surface area contributed by atoms with Crippen molar-refractivity contribution in [1.29, 1.82) is 0 Å². The maximum absolute atomic E-state index is 12.8. The Morgan fingerprint density at radius 2 is 1.67 bits per heavy atom. The number of piperidine rings is 1. The summed E-state index contributed by atoms with van der Waals surface area (Å²) in [6.07, 6.45) is 1.66. The van der Waals surface area contributed by atoms with Crippen molar-refractivity contribution in [2.24, 2.45) is 5.92 Å². The van der Waals surface area contributed by atoms with Crippen molar-refractivity contribution in [2.75, 3.05) is 32.8 Å². The number of amides is 1. The highest BCUT2D eigenvalue weighted by atomic mass is 35.5. The Morgan fingerprint density at radius 3 is 2.30 bits per heavy atom. The normalized spacial score (nSPS) is 15.2. The van der Waals surface area contributed by atoms with Crippen molar-refractivity contribution in [3.8, 4) is 11.5 Å². The van der Waals surface area contributed by atoms with Crippen molar-refractivity contribution in [3.63, 3.8) is 0 Å². The van der Waals surface area contributed by atoms with Crippen LogP contribution in [0.5, 0.6) is 11.5 Å². The lowest BCUT2D eigenvalue weighted by Gasteiger charge is -2.30. The molecule has 1 aliphatic heterocycles. The van der Waals surface area contributed by atoms with Gasteiger partial charge in [-0.2, -0.15) is 4.31 Å². The first kappa shape index (κ1) is 25.3. The summed E-state index contributed by atoms with van der Waals surface area (Å²) < 4.78 is 38.3. The molecule has 1 saturated heterocycles. The first-order valence-electron chi connectivity index (χ1n) is 11.3. The van der Waals surface area contributed by atoms with E-state index in [0.717, 1.165) is 5.56 Å². The summed E-state index contributed by atoms with van der Waals surface area (Å²) in [6.45, 7) is 6.11. The average Bonchev–Trinajstić information content (AvgIpc) is 2.81. The topological polar surface area (TPSA) is 84.9 Å². The van der Waals surface area contributed by atoms with Gasteiger partial charge in [-0.1, -0.05) is 17.7 Å². The summed E-state index contributed by atoms with van der Waals surface area (Å²) in [5.74, 6) is 1.19. The maximum Gasteiger partial charge on any atom is 0.243 e. The lowest BCUT2D eigenvalue weighted by molar-refractivity contribution is -0.126. The molecular formula is C24H31ClN2O5S. The Balaban J connectivity index is 1.49. The number of hydrogen-bond donors (Lipinski definition) is 1. The second-order valence-corrected chi connectivity index (χ2v) is 10.2. The average molecular weight is 495 g/mol. The molecule has 1 amide bonds. The smallest absolute Gasteiger partial charge is 0.243 e. The molecule has 0 aromatic heterocycles. The third-order valence-corrected chi connectivity index (χ3v) is 7.76. The molecule has 3 rings (SSSR count). The quantitative estimate of drug-likeness (QED) is 0.541. The Kier molecular flexibility index (Phi) is 9.00. The van der Waals surface area contributed by atoms with E-state index in [-0.39, 0.29) is 16.7 Å². The number of nitrogens with zero attached hydrogens (tertiary/aromatic N) is 1. The van der Waals surface area contributed by atoms with Crippen LogP contribution in [-0.2, 0) is 21.2 Å². The molecule has 0 saturated carbocycles. The maximum atomic E-state index is 12.8. The summed E-state index contributed by atoms with van der Waals surface area (Å²) >= 11 is 5.86. The van der Waals surface area contributed by atoms with Crippen molar-refractivity contribution in [3.05, 3.63) is 53.1 Å². The van der Waals surface area contributed by atoms with Crippen molar-refractivity contribution >= 4 is 27.5 Å². The SMILES string of the molecule is CCOc1ccc(CCNC(=O)C2CCN(S(=O)(=O)c3ccc(Cl)cc3)CC2)cc1OCC. The van der Waals surface area contributed by atoms with Crippen LogP contribution in [0.4, 0.5) is 0 Å². The fourth-order valence-corrected chi connectivity index (χ4v) is 5.44. The van der Waals surface area contributed by atoms with E-state index in [4.69, 9.17) is 21.1 Å². The van der Waals surface area contributed by atoms with E-state index in [1.165, 1.54) is 16.4 Å². The van der Waals surface area contributed by atoms with E-state index in [1.54, 1.807) is 12.1 Å². The van der Waals surface area contributed by atoms with Gasteiger partial charge in [-0.3, -0.25) is 4.79 Å². The number of sulfonamides is 1. The van der Waals surface area contributed by atoms with Gasteiger partial charge in [0, 0.05) is 30.6 Å². The molecule has 1 N–H and O–H groups in total. The van der Waals surface area contributed by atoms with Gasteiger partial charge in [0.1, 0.15) is 0 Å². The predicted octanol–water partition coefficient (Wildman–Crippen LogP) is 3.90. The Labute approximate surface area is 201 Å². The molecule has 1 fully saturated rings. The molecule has 0 atom stereocenters. The van der Waals surface area contributed by atoms with Crippen LogP contribution in [0.1, 0.15) is 32.3 Å². The highest BCUT2D eigenvalue weighted by Gasteiger charge is 2.31. The Morgan fingerprint density at radius 1 is 1.03 bits per heavy atom. The molecule has 1 aliphatic rings. The lowest BCUT2D eigenvalue weighted by atomic mass is 9.97. The summed E-state index contributed by atoms with van der Waals surface area (Å²) in [6, 6.07) is 12.0. The zero-order chi connectivity index (χ0) is 23.8. The Bertz CT molecular complexity index is 1040. The van der Waals surface area contributed by atoms with Crippen LogP contribution in [0.25, 0.3) is 0 Å². The molecule has 0 radical (unpaired) electrons. The molecule has 7 nitrogen and oxygen atoms in total. The molecule has 0 aliphatic carbocycles. The molecule has 9 heteroatoms. The van der Waals surface area contributed by atoms with Gasteiger partial charge in [-0.15, -0.1) is 0 Å². The van der Waals surface area contributed by atoms with Crippen LogP contribution in [-0.4, -0.2) is 51.5 Å². The number of benzene rings is 2. The molecule has 2 aromatic rings. The van der Waals surface area contributed by atoms with E-state index in [9.17, 15) is 13.2 Å². The summed E-state index contributed by atoms with van der Waals surface area (Å²) in [4.78, 5) is 12.8. The number of carbonyl (C=O) groups is 1. The third-order valence-electron chi connectivity index (χ3n) is 5.60. The molecule has 33 heavy (non-hydrogen) atoms. The lowest BCUT2D eigenvalue weighted by Crippen LogP contribution is -2.43. The molecule has 0 spiro atoms. The standard InChI is InChI=1S/C24H31ClN2O5S/c1-3-31-22-10-5-18(17-23(22)32-4-2)11-14-26-24(28)19-12-15-27(16-13-19)33(29,30)21-8-6-20(25)7-9-21/h5-10,17,19H,3-4,11-16H2,1-2H3,(H,26,28). The molecule has 0 bridgehead atoms. The van der Waals surface area contributed by atoms with Gasteiger partial charge in [0.05, 0.1) is 18.1 Å². The summed E-state index contributed by atoms with van der Waals surface area (Å²) in [5.41, 5.74) is 1.05. The molecule has 2 aromatic carbocycles. The van der Waals surface area contributed by atoms with E-state index in [0.29, 0.717) is 68.6 Å². The highest BCUT2D eigenvalue weighted by Crippen LogP contribution is 2.29. The fourth-order valence-electron chi connectivity index (χ4n) is 3.84. The van der Waals surface area contributed by atoms with Crippen LogP contribution < -0.4 is 14.8 Å². The van der Waals surface area contributed by atoms with E-state index in [1.807, 2.05) is 32.0 Å². The van der Waals surface area contributed by atoms with Crippen molar-refractivity contribution in [2.45, 2.75) is 38.0 Å². The van der Waals surface area contributed by atoms with Gasteiger partial charge in [0.2, 0.25) is 15.9 Å². The monoisotopic (exact) mass is 494 g/mol. The van der Waals surface area contributed by atoms with Gasteiger partial charge in [-0.25, -0.2) is 8.42 Å². The molecular weight excluding hydrogens is 464 g/mol. The highest BCUT2D eigenvalue weighted by molar-refractivity contribution is 7.89. The summed E-state index contributed by atoms with van der Waals surface area (Å²) in [5, 5.41) is 3.48. The molecule has 1 heterocycles. The minimum atomic E-state index is -3.58. The predicted molar refractivity (Wildman–Crippen MR) is 128 cm³/mol. The molecule has 0 unspecified atom stereocenters. The van der Waals surface area contributed by atoms with Gasteiger partial charge in [0.15, 0.2) is 11.5 Å².